The Morgan fingerprint density at radius 3 is 1.96 bits per heavy atom. The first-order valence-electron chi connectivity index (χ1n) is 7.02. The summed E-state index contributed by atoms with van der Waals surface area (Å²) in [6.45, 7) is -0.0377. The molecule has 1 atom stereocenters. The molecule has 2 aromatic carbocycles. The van der Waals surface area contributed by atoms with E-state index in [0.29, 0.717) is 6.42 Å². The van der Waals surface area contributed by atoms with Gasteiger partial charge in [0.25, 0.3) is 0 Å². The standard InChI is InChI=1S/C9H11NO2.C8H9NO2/c10-8(9(11)12)6-7-4-2-1-3-5-7;10-8(11)6-9-7-4-2-1-3-5-7/h1-5,8H,6,10H2,(H,11,12);1-5,9H,6H2,(H,10,11). The van der Waals surface area contributed by atoms with Crippen molar-refractivity contribution in [1.29, 1.82) is 0 Å². The lowest BCUT2D eigenvalue weighted by atomic mass is 10.1. The highest BCUT2D eigenvalue weighted by Gasteiger charge is 2.10. The van der Waals surface area contributed by atoms with Crippen molar-refractivity contribution < 1.29 is 19.8 Å². The maximum Gasteiger partial charge on any atom is 0.322 e. The normalized spacial score (nSPS) is 10.8. The highest BCUT2D eigenvalue weighted by atomic mass is 16.4. The number of hydrogen-bond acceptors (Lipinski definition) is 4. The van der Waals surface area contributed by atoms with E-state index in [1.54, 1.807) is 0 Å². The minimum Gasteiger partial charge on any atom is -0.480 e. The molecule has 23 heavy (non-hydrogen) atoms. The van der Waals surface area contributed by atoms with E-state index >= 15 is 0 Å². The van der Waals surface area contributed by atoms with Crippen LogP contribution in [0.25, 0.3) is 0 Å². The number of rotatable bonds is 6. The second-order valence-electron chi connectivity index (χ2n) is 4.75. The SMILES string of the molecule is NC(Cc1ccccc1)C(=O)O.O=C(O)CNc1ccccc1. The van der Waals surface area contributed by atoms with Crippen molar-refractivity contribution in [3.05, 3.63) is 66.2 Å². The quantitative estimate of drug-likeness (QED) is 0.646. The highest BCUT2D eigenvalue weighted by molar-refractivity contribution is 5.73. The second kappa shape index (κ2) is 9.97. The van der Waals surface area contributed by atoms with Gasteiger partial charge in [-0.25, -0.2) is 0 Å². The maximum atomic E-state index is 10.4. The Morgan fingerprint density at radius 2 is 1.48 bits per heavy atom. The van der Waals surface area contributed by atoms with Gasteiger partial charge in [-0.2, -0.15) is 0 Å². The summed E-state index contributed by atoms with van der Waals surface area (Å²) < 4.78 is 0. The summed E-state index contributed by atoms with van der Waals surface area (Å²) in [5.41, 5.74) is 7.13. The van der Waals surface area contributed by atoms with Crippen molar-refractivity contribution in [2.45, 2.75) is 12.5 Å². The molecule has 0 heterocycles. The van der Waals surface area contributed by atoms with Crippen LogP contribution in [-0.4, -0.2) is 34.7 Å². The third-order valence-corrected chi connectivity index (χ3v) is 2.83. The molecule has 6 heteroatoms. The van der Waals surface area contributed by atoms with E-state index in [1.807, 2.05) is 60.7 Å². The van der Waals surface area contributed by atoms with Gasteiger partial charge in [-0.1, -0.05) is 48.5 Å². The predicted octanol–water partition coefficient (Wildman–Crippen LogP) is 1.82. The number of benzene rings is 2. The summed E-state index contributed by atoms with van der Waals surface area (Å²) in [6.07, 6.45) is 0.385. The number of anilines is 1. The number of carbonyl (C=O) groups is 2. The first-order chi connectivity index (χ1) is 11.0. The molecule has 0 aliphatic rings. The Kier molecular flexibility index (Phi) is 7.88. The summed E-state index contributed by atoms with van der Waals surface area (Å²) in [4.78, 5) is 20.5. The van der Waals surface area contributed by atoms with Crippen molar-refractivity contribution in [3.63, 3.8) is 0 Å². The summed E-state index contributed by atoms with van der Waals surface area (Å²) >= 11 is 0. The molecule has 0 saturated heterocycles. The largest absolute Gasteiger partial charge is 0.480 e. The van der Waals surface area contributed by atoms with Crippen LogP contribution in [0.3, 0.4) is 0 Å². The van der Waals surface area contributed by atoms with Crippen LogP contribution in [0.1, 0.15) is 5.56 Å². The number of aliphatic carboxylic acids is 2. The van der Waals surface area contributed by atoms with Gasteiger partial charge in [0.2, 0.25) is 0 Å². The minimum atomic E-state index is -0.959. The van der Waals surface area contributed by atoms with Crippen LogP contribution in [-0.2, 0) is 16.0 Å². The Balaban J connectivity index is 0.000000231. The zero-order valence-electron chi connectivity index (χ0n) is 12.6. The number of nitrogens with two attached hydrogens (primary N) is 1. The van der Waals surface area contributed by atoms with Crippen molar-refractivity contribution in [3.8, 4) is 0 Å². The molecule has 0 spiro atoms. The van der Waals surface area contributed by atoms with E-state index in [9.17, 15) is 9.59 Å². The Bertz CT molecular complexity index is 603. The molecule has 0 saturated carbocycles. The average Bonchev–Trinajstić information content (AvgIpc) is 2.55. The number of carboxylic acids is 2. The zero-order valence-corrected chi connectivity index (χ0v) is 12.6. The van der Waals surface area contributed by atoms with Gasteiger partial charge in [0.1, 0.15) is 12.6 Å². The van der Waals surface area contributed by atoms with Gasteiger partial charge < -0.3 is 21.3 Å². The number of hydrogen-bond donors (Lipinski definition) is 4. The monoisotopic (exact) mass is 316 g/mol. The molecule has 2 aromatic rings. The molecular formula is C17H20N2O4. The fraction of sp³-hybridized carbons (Fsp3) is 0.176. The van der Waals surface area contributed by atoms with Gasteiger partial charge in [-0.15, -0.1) is 0 Å². The second-order valence-corrected chi connectivity index (χ2v) is 4.75. The van der Waals surface area contributed by atoms with E-state index < -0.39 is 18.0 Å². The summed E-state index contributed by atoms with van der Waals surface area (Å²) in [5.74, 6) is -1.81. The average molecular weight is 316 g/mol. The molecule has 0 aromatic heterocycles. The van der Waals surface area contributed by atoms with Crippen molar-refractivity contribution in [2.75, 3.05) is 11.9 Å². The third-order valence-electron chi connectivity index (χ3n) is 2.83. The lowest BCUT2D eigenvalue weighted by molar-refractivity contribution is -0.138. The summed E-state index contributed by atoms with van der Waals surface area (Å²) in [5, 5.41) is 19.6. The summed E-state index contributed by atoms with van der Waals surface area (Å²) in [6, 6.07) is 17.8. The summed E-state index contributed by atoms with van der Waals surface area (Å²) in [7, 11) is 0. The molecule has 5 N–H and O–H groups in total. The predicted molar refractivity (Wildman–Crippen MR) is 88.3 cm³/mol. The lowest BCUT2D eigenvalue weighted by Crippen LogP contribution is -2.32. The topological polar surface area (TPSA) is 113 Å². The van der Waals surface area contributed by atoms with Crippen molar-refractivity contribution in [1.82, 2.24) is 0 Å². The van der Waals surface area contributed by atoms with Gasteiger partial charge >= 0.3 is 11.9 Å². The molecule has 2 rings (SSSR count). The molecule has 0 bridgehead atoms. The van der Waals surface area contributed by atoms with Crippen molar-refractivity contribution >= 4 is 17.6 Å². The van der Waals surface area contributed by atoms with Crippen molar-refractivity contribution in [2.24, 2.45) is 5.73 Å². The molecule has 122 valence electrons. The fourth-order valence-corrected chi connectivity index (χ4v) is 1.69. The molecule has 1 unspecified atom stereocenters. The van der Waals surface area contributed by atoms with Crippen LogP contribution >= 0.6 is 0 Å². The van der Waals surface area contributed by atoms with Crippen LogP contribution in [0.2, 0.25) is 0 Å². The van der Waals surface area contributed by atoms with Gasteiger partial charge in [0, 0.05) is 5.69 Å². The lowest BCUT2D eigenvalue weighted by Gasteiger charge is -2.04. The molecule has 0 aliphatic heterocycles. The van der Waals surface area contributed by atoms with Crippen LogP contribution < -0.4 is 11.1 Å². The van der Waals surface area contributed by atoms with Gasteiger partial charge in [-0.05, 0) is 24.1 Å². The molecule has 0 amide bonds. The molecule has 6 nitrogen and oxygen atoms in total. The van der Waals surface area contributed by atoms with E-state index in [-0.39, 0.29) is 6.54 Å². The van der Waals surface area contributed by atoms with Gasteiger partial charge in [0.05, 0.1) is 0 Å². The number of carboxylic acid groups (broad SMARTS) is 2. The van der Waals surface area contributed by atoms with E-state index in [4.69, 9.17) is 15.9 Å². The highest BCUT2D eigenvalue weighted by Crippen LogP contribution is 2.03. The van der Waals surface area contributed by atoms with E-state index in [2.05, 4.69) is 5.32 Å². The maximum absolute atomic E-state index is 10.4. The molecule has 0 radical (unpaired) electrons. The Labute approximate surface area is 134 Å². The van der Waals surface area contributed by atoms with Crippen LogP contribution in [0.5, 0.6) is 0 Å². The van der Waals surface area contributed by atoms with E-state index in [0.717, 1.165) is 11.3 Å². The Morgan fingerprint density at radius 1 is 0.957 bits per heavy atom. The first-order valence-corrected chi connectivity index (χ1v) is 7.02. The van der Waals surface area contributed by atoms with E-state index in [1.165, 1.54) is 0 Å². The van der Waals surface area contributed by atoms with Crippen LogP contribution in [0.4, 0.5) is 5.69 Å². The van der Waals surface area contributed by atoms with Crippen LogP contribution in [0.15, 0.2) is 60.7 Å². The molecule has 0 fully saturated rings. The third kappa shape index (κ3) is 8.23. The smallest absolute Gasteiger partial charge is 0.322 e. The molecular weight excluding hydrogens is 296 g/mol. The fourth-order valence-electron chi connectivity index (χ4n) is 1.69. The minimum absolute atomic E-state index is 0.0377. The number of para-hydroxylation sites is 1. The zero-order chi connectivity index (χ0) is 17.1. The van der Waals surface area contributed by atoms with Gasteiger partial charge in [0.15, 0.2) is 0 Å². The Hall–Kier alpha value is -2.86. The number of nitrogens with one attached hydrogen (secondary N) is 1. The first kappa shape index (κ1) is 18.2. The van der Waals surface area contributed by atoms with Crippen LogP contribution in [0, 0.1) is 0 Å². The van der Waals surface area contributed by atoms with Gasteiger partial charge in [-0.3, -0.25) is 9.59 Å². The molecule has 0 aliphatic carbocycles.